The molecule has 0 spiro atoms. The first-order chi connectivity index (χ1) is 17.6. The molecule has 0 aliphatic carbocycles. The number of ether oxygens (including phenoxy) is 2. The maximum atomic E-state index is 13.5. The number of hydrogen-bond acceptors (Lipinski definition) is 9. The number of aromatic nitrogens is 3. The predicted molar refractivity (Wildman–Crippen MR) is 136 cm³/mol. The predicted octanol–water partition coefficient (Wildman–Crippen LogP) is 0.563. The van der Waals surface area contributed by atoms with Gasteiger partial charge in [-0.15, -0.1) is 0 Å². The number of methoxy groups -OCH3 is 1. The van der Waals surface area contributed by atoms with Crippen molar-refractivity contribution >= 4 is 27.5 Å². The van der Waals surface area contributed by atoms with Crippen LogP contribution >= 0.6 is 0 Å². The molecule has 2 aromatic rings. The van der Waals surface area contributed by atoms with Gasteiger partial charge >= 0.3 is 0 Å². The summed E-state index contributed by atoms with van der Waals surface area (Å²) >= 11 is 0. The van der Waals surface area contributed by atoms with Crippen molar-refractivity contribution in [2.45, 2.75) is 38.1 Å². The van der Waals surface area contributed by atoms with E-state index in [1.165, 1.54) is 28.4 Å². The van der Waals surface area contributed by atoms with Crippen LogP contribution in [-0.2, 0) is 27.7 Å². The number of carbonyl (C=O) groups is 2. The quantitative estimate of drug-likeness (QED) is 0.394. The summed E-state index contributed by atoms with van der Waals surface area (Å²) in [5.41, 5.74) is 6.07. The van der Waals surface area contributed by atoms with Gasteiger partial charge in [0.25, 0.3) is 11.8 Å². The maximum Gasteiger partial charge on any atom is 0.267 e. The number of nitrogens with two attached hydrogens (primary N) is 1. The Morgan fingerprint density at radius 2 is 1.89 bits per heavy atom. The number of piperazine rings is 1. The van der Waals surface area contributed by atoms with Crippen molar-refractivity contribution in [3.05, 3.63) is 29.2 Å². The van der Waals surface area contributed by atoms with E-state index in [-0.39, 0.29) is 47.5 Å². The number of primary amides is 1. The number of aryl methyl sites for hydroxylation is 1. The smallest absolute Gasteiger partial charge is 0.267 e. The molecule has 1 aliphatic heterocycles. The largest absolute Gasteiger partial charge is 0.476 e. The molecule has 0 atom stereocenters. The highest BCUT2D eigenvalue weighted by Crippen LogP contribution is 2.28. The summed E-state index contributed by atoms with van der Waals surface area (Å²) in [6.07, 6.45) is 2.32. The Labute approximate surface area is 217 Å². The van der Waals surface area contributed by atoms with Crippen molar-refractivity contribution in [3.63, 3.8) is 0 Å². The zero-order valence-corrected chi connectivity index (χ0v) is 22.5. The zero-order chi connectivity index (χ0) is 27.2. The van der Waals surface area contributed by atoms with E-state index in [4.69, 9.17) is 15.2 Å². The number of nitrogens with zero attached hydrogens (tertiary/aromatic N) is 5. The average molecular weight is 538 g/mol. The Balaban J connectivity index is 2.01. The number of sulfonamides is 1. The molecule has 0 unspecified atom stereocenters. The van der Waals surface area contributed by atoms with Gasteiger partial charge in [0.05, 0.1) is 37.2 Å². The second-order valence-corrected chi connectivity index (χ2v) is 10.6. The summed E-state index contributed by atoms with van der Waals surface area (Å²) < 4.78 is 40.0. The van der Waals surface area contributed by atoms with Gasteiger partial charge < -0.3 is 25.4 Å². The molecule has 1 fully saturated rings. The molecular formula is C23H35N7O6S. The van der Waals surface area contributed by atoms with Crippen molar-refractivity contribution in [3.8, 4) is 5.88 Å². The van der Waals surface area contributed by atoms with Crippen LogP contribution in [0.4, 0.5) is 5.69 Å². The molecular weight excluding hydrogens is 502 g/mol. The highest BCUT2D eigenvalue weighted by molar-refractivity contribution is 7.89. The molecule has 3 heterocycles. The van der Waals surface area contributed by atoms with Crippen LogP contribution in [0.25, 0.3) is 0 Å². The van der Waals surface area contributed by atoms with E-state index < -0.39 is 21.8 Å². The van der Waals surface area contributed by atoms with Gasteiger partial charge in [-0.1, -0.05) is 13.3 Å². The fourth-order valence-corrected chi connectivity index (χ4v) is 5.42. The number of likely N-dealkylation sites (N-methyl/N-ethyl adjacent to an activating group) is 1. The highest BCUT2D eigenvalue weighted by Gasteiger charge is 2.31. The van der Waals surface area contributed by atoms with Gasteiger partial charge in [-0.3, -0.25) is 14.3 Å². The van der Waals surface area contributed by atoms with Gasteiger partial charge in [-0.25, -0.2) is 13.4 Å². The number of anilines is 1. The van der Waals surface area contributed by atoms with Gasteiger partial charge in [-0.2, -0.15) is 9.40 Å². The first-order valence-electron chi connectivity index (χ1n) is 12.1. The van der Waals surface area contributed by atoms with E-state index in [9.17, 15) is 18.0 Å². The number of amides is 2. The van der Waals surface area contributed by atoms with Crippen LogP contribution in [0.5, 0.6) is 5.88 Å². The summed E-state index contributed by atoms with van der Waals surface area (Å²) in [6, 6.07) is 1.32. The number of hydrogen-bond donors (Lipinski definition) is 2. The summed E-state index contributed by atoms with van der Waals surface area (Å²) in [6.45, 7) is 6.29. The molecule has 2 aromatic heterocycles. The van der Waals surface area contributed by atoms with Gasteiger partial charge in [0, 0.05) is 33.3 Å². The highest BCUT2D eigenvalue weighted by atomic mass is 32.2. The molecule has 3 rings (SSSR count). The molecule has 3 N–H and O–H groups in total. The van der Waals surface area contributed by atoms with E-state index in [0.29, 0.717) is 44.7 Å². The normalized spacial score (nSPS) is 15.0. The Kier molecular flexibility index (Phi) is 9.59. The second kappa shape index (κ2) is 12.4. The van der Waals surface area contributed by atoms with Crippen LogP contribution in [0, 0.1) is 0 Å². The van der Waals surface area contributed by atoms with Crippen LogP contribution in [0.2, 0.25) is 0 Å². The fraction of sp³-hybridized carbons (Fsp3) is 0.565. The van der Waals surface area contributed by atoms with Crippen LogP contribution in [-0.4, -0.2) is 97.8 Å². The minimum Gasteiger partial charge on any atom is -0.476 e. The first kappa shape index (κ1) is 28.5. The standard InChI is InChI=1S/C23H35N7O6S/c1-5-7-17-19(20(21(24)31)30(27-17)12-13-35-4)22(32)26-18-14-16(15-25-23(18)36-6-2)37(33,34)29-10-8-28(3)9-11-29/h14-15H,5-13H2,1-4H3,(H2,24,31)(H,26,32). The number of rotatable bonds is 12. The van der Waals surface area contributed by atoms with Crippen LogP contribution < -0.4 is 15.8 Å². The number of carbonyl (C=O) groups excluding carboxylic acids is 2. The van der Waals surface area contributed by atoms with Crippen LogP contribution in [0.3, 0.4) is 0 Å². The Morgan fingerprint density at radius 3 is 2.49 bits per heavy atom. The van der Waals surface area contributed by atoms with E-state index >= 15 is 0 Å². The number of pyridine rings is 1. The molecule has 1 saturated heterocycles. The third-order valence-corrected chi connectivity index (χ3v) is 7.80. The molecule has 0 bridgehead atoms. The third-order valence-electron chi connectivity index (χ3n) is 5.93. The minimum atomic E-state index is -3.85. The lowest BCUT2D eigenvalue weighted by molar-refractivity contribution is 0.0965. The SMILES string of the molecule is CCCc1nn(CCOC)c(C(N)=O)c1C(=O)Nc1cc(S(=O)(=O)N2CCN(C)CC2)cnc1OCC. The van der Waals surface area contributed by atoms with Crippen molar-refractivity contribution in [2.75, 3.05) is 58.9 Å². The molecule has 37 heavy (non-hydrogen) atoms. The van der Waals surface area contributed by atoms with Crippen LogP contribution in [0.1, 0.15) is 46.8 Å². The second-order valence-electron chi connectivity index (χ2n) is 8.62. The van der Waals surface area contributed by atoms with Gasteiger partial charge in [-0.05, 0) is 26.5 Å². The first-order valence-corrected chi connectivity index (χ1v) is 13.6. The minimum absolute atomic E-state index is 0.0280. The summed E-state index contributed by atoms with van der Waals surface area (Å²) in [4.78, 5) is 32.0. The average Bonchev–Trinajstić information content (AvgIpc) is 3.22. The van der Waals surface area contributed by atoms with Crippen molar-refractivity contribution in [1.82, 2.24) is 24.0 Å². The molecule has 0 saturated carbocycles. The lowest BCUT2D eigenvalue weighted by atomic mass is 10.1. The monoisotopic (exact) mass is 537 g/mol. The molecule has 0 aromatic carbocycles. The van der Waals surface area contributed by atoms with E-state index in [1.54, 1.807) is 6.92 Å². The molecule has 204 valence electrons. The van der Waals surface area contributed by atoms with E-state index in [1.807, 2.05) is 18.9 Å². The van der Waals surface area contributed by atoms with Crippen molar-refractivity contribution < 1.29 is 27.5 Å². The molecule has 1 aliphatic rings. The van der Waals surface area contributed by atoms with Gasteiger partial charge in [0.1, 0.15) is 16.3 Å². The fourth-order valence-electron chi connectivity index (χ4n) is 4.03. The van der Waals surface area contributed by atoms with Crippen molar-refractivity contribution in [2.24, 2.45) is 5.73 Å². The summed E-state index contributed by atoms with van der Waals surface area (Å²) in [7, 11) is -0.407. The van der Waals surface area contributed by atoms with E-state index in [2.05, 4.69) is 15.4 Å². The van der Waals surface area contributed by atoms with Gasteiger partial charge in [0.15, 0.2) is 0 Å². The van der Waals surface area contributed by atoms with E-state index in [0.717, 1.165) is 0 Å². The zero-order valence-electron chi connectivity index (χ0n) is 21.7. The Morgan fingerprint density at radius 1 is 1.19 bits per heavy atom. The van der Waals surface area contributed by atoms with Crippen LogP contribution in [0.15, 0.2) is 17.2 Å². The Hall–Kier alpha value is -3.07. The Bertz CT molecular complexity index is 1220. The topological polar surface area (TPSA) is 162 Å². The lowest BCUT2D eigenvalue weighted by Crippen LogP contribution is -2.47. The summed E-state index contributed by atoms with van der Waals surface area (Å²) in [5.74, 6) is -1.43. The van der Waals surface area contributed by atoms with Crippen molar-refractivity contribution in [1.29, 1.82) is 0 Å². The third kappa shape index (κ3) is 6.44. The molecule has 14 heteroatoms. The molecule has 0 radical (unpaired) electrons. The lowest BCUT2D eigenvalue weighted by Gasteiger charge is -2.31. The van der Waals surface area contributed by atoms with Gasteiger partial charge in [0.2, 0.25) is 15.9 Å². The molecule has 2 amide bonds. The molecule has 13 nitrogen and oxygen atoms in total. The number of nitrogens with one attached hydrogen (secondary N) is 1. The summed E-state index contributed by atoms with van der Waals surface area (Å²) in [5, 5.41) is 7.11. The maximum absolute atomic E-state index is 13.5.